The summed E-state index contributed by atoms with van der Waals surface area (Å²) in [6.07, 6.45) is 3.79. The van der Waals surface area contributed by atoms with Gasteiger partial charge in [-0.2, -0.15) is 0 Å². The summed E-state index contributed by atoms with van der Waals surface area (Å²) < 4.78 is 5.82. The third kappa shape index (κ3) is 4.69. The van der Waals surface area contributed by atoms with Crippen molar-refractivity contribution in [2.24, 2.45) is 0 Å². The molecule has 0 aliphatic heterocycles. The van der Waals surface area contributed by atoms with Crippen molar-refractivity contribution in [3.05, 3.63) is 29.8 Å². The molecule has 1 saturated carbocycles. The van der Waals surface area contributed by atoms with Crippen LogP contribution in [0, 0.1) is 0 Å². The second-order valence-corrected chi connectivity index (χ2v) is 6.40. The molecule has 100 valence electrons. The molecule has 1 N–H and O–H groups in total. The maximum absolute atomic E-state index is 5.82. The van der Waals surface area contributed by atoms with E-state index in [0.717, 1.165) is 18.2 Å². The van der Waals surface area contributed by atoms with E-state index in [9.17, 15) is 0 Å². The molecule has 0 bridgehead atoms. The van der Waals surface area contributed by atoms with Crippen molar-refractivity contribution in [2.75, 3.05) is 0 Å². The maximum atomic E-state index is 5.82. The molecule has 0 spiro atoms. The van der Waals surface area contributed by atoms with Crippen molar-refractivity contribution < 1.29 is 4.74 Å². The number of hydrogen-bond acceptors (Lipinski definition) is 2. The highest BCUT2D eigenvalue weighted by Gasteiger charge is 2.22. The van der Waals surface area contributed by atoms with E-state index in [2.05, 4.69) is 57.3 Å². The Morgan fingerprint density at radius 2 is 1.83 bits per heavy atom. The fourth-order valence-corrected chi connectivity index (χ4v) is 2.11. The Kier molecular flexibility index (Phi) is 3.96. The average Bonchev–Trinajstić information content (AvgIpc) is 3.02. The molecule has 0 saturated heterocycles. The lowest BCUT2D eigenvalue weighted by molar-refractivity contribution is 0.131. The Morgan fingerprint density at radius 1 is 1.22 bits per heavy atom. The molecule has 1 atom stereocenters. The number of ether oxygens (including phenoxy) is 1. The molecular weight excluding hydrogens is 222 g/mol. The smallest absolute Gasteiger partial charge is 0.120 e. The zero-order valence-electron chi connectivity index (χ0n) is 12.0. The van der Waals surface area contributed by atoms with Crippen LogP contribution in [0.2, 0.25) is 0 Å². The molecule has 2 rings (SSSR count). The highest BCUT2D eigenvalue weighted by molar-refractivity contribution is 5.28. The Balaban J connectivity index is 1.86. The van der Waals surface area contributed by atoms with Gasteiger partial charge in [0.2, 0.25) is 0 Å². The third-order valence-electron chi connectivity index (χ3n) is 2.99. The number of hydrogen-bond donors (Lipinski definition) is 1. The van der Waals surface area contributed by atoms with Gasteiger partial charge in [-0.15, -0.1) is 0 Å². The molecule has 2 nitrogen and oxygen atoms in total. The zero-order valence-corrected chi connectivity index (χ0v) is 12.0. The van der Waals surface area contributed by atoms with Crippen LogP contribution in [0.15, 0.2) is 24.3 Å². The van der Waals surface area contributed by atoms with E-state index in [4.69, 9.17) is 4.74 Å². The van der Waals surface area contributed by atoms with E-state index < -0.39 is 0 Å². The van der Waals surface area contributed by atoms with Crippen LogP contribution in [-0.4, -0.2) is 17.7 Å². The monoisotopic (exact) mass is 247 g/mol. The van der Waals surface area contributed by atoms with Crippen LogP contribution in [0.4, 0.5) is 0 Å². The number of benzene rings is 1. The highest BCUT2D eigenvalue weighted by Crippen LogP contribution is 2.21. The van der Waals surface area contributed by atoms with E-state index in [-0.39, 0.29) is 5.60 Å². The van der Waals surface area contributed by atoms with Crippen LogP contribution in [0.1, 0.15) is 46.1 Å². The second kappa shape index (κ2) is 5.31. The van der Waals surface area contributed by atoms with Crippen LogP contribution in [0.25, 0.3) is 0 Å². The van der Waals surface area contributed by atoms with Gasteiger partial charge in [-0.1, -0.05) is 12.1 Å². The summed E-state index contributed by atoms with van der Waals surface area (Å²) in [7, 11) is 0. The third-order valence-corrected chi connectivity index (χ3v) is 2.99. The van der Waals surface area contributed by atoms with Crippen molar-refractivity contribution in [3.63, 3.8) is 0 Å². The van der Waals surface area contributed by atoms with E-state index in [1.165, 1.54) is 18.4 Å². The summed E-state index contributed by atoms with van der Waals surface area (Å²) in [5.74, 6) is 0.953. The minimum atomic E-state index is -0.123. The number of rotatable bonds is 5. The Hall–Kier alpha value is -1.02. The molecule has 1 aromatic carbocycles. The van der Waals surface area contributed by atoms with Gasteiger partial charge in [0.05, 0.1) is 0 Å². The van der Waals surface area contributed by atoms with Gasteiger partial charge in [0.25, 0.3) is 0 Å². The highest BCUT2D eigenvalue weighted by atomic mass is 16.5. The average molecular weight is 247 g/mol. The van der Waals surface area contributed by atoms with Crippen LogP contribution < -0.4 is 10.1 Å². The predicted molar refractivity (Wildman–Crippen MR) is 76.1 cm³/mol. The molecule has 0 heterocycles. The molecular formula is C16H25NO. The summed E-state index contributed by atoms with van der Waals surface area (Å²) in [4.78, 5) is 0. The normalized spacial score (nSPS) is 17.6. The standard InChI is InChI=1S/C16H25NO/c1-12(17-14-7-8-14)11-13-5-9-15(10-6-13)18-16(2,3)4/h5-6,9-10,12,14,17H,7-8,11H2,1-4H3. The first-order valence-electron chi connectivity index (χ1n) is 6.96. The summed E-state index contributed by atoms with van der Waals surface area (Å²) in [6.45, 7) is 8.48. The van der Waals surface area contributed by atoms with Crippen molar-refractivity contribution in [3.8, 4) is 5.75 Å². The molecule has 1 aliphatic carbocycles. The van der Waals surface area contributed by atoms with E-state index in [0.29, 0.717) is 6.04 Å². The van der Waals surface area contributed by atoms with Gasteiger partial charge in [-0.3, -0.25) is 0 Å². The van der Waals surface area contributed by atoms with Gasteiger partial charge in [-0.05, 0) is 64.7 Å². The lowest BCUT2D eigenvalue weighted by atomic mass is 10.1. The topological polar surface area (TPSA) is 21.3 Å². The van der Waals surface area contributed by atoms with Crippen LogP contribution in [-0.2, 0) is 6.42 Å². The largest absolute Gasteiger partial charge is 0.488 e. The predicted octanol–water partition coefficient (Wildman–Crippen LogP) is 3.55. The lowest BCUT2D eigenvalue weighted by Gasteiger charge is -2.21. The van der Waals surface area contributed by atoms with Crippen LogP contribution in [0.3, 0.4) is 0 Å². The first-order chi connectivity index (χ1) is 8.42. The summed E-state index contributed by atoms with van der Waals surface area (Å²) in [6, 6.07) is 9.84. The Morgan fingerprint density at radius 3 is 2.33 bits per heavy atom. The first-order valence-corrected chi connectivity index (χ1v) is 6.96. The molecule has 1 unspecified atom stereocenters. The minimum absolute atomic E-state index is 0.123. The molecule has 18 heavy (non-hydrogen) atoms. The van der Waals surface area contributed by atoms with Crippen molar-refractivity contribution in [1.29, 1.82) is 0 Å². The second-order valence-electron chi connectivity index (χ2n) is 6.40. The van der Waals surface area contributed by atoms with E-state index in [1.54, 1.807) is 0 Å². The van der Waals surface area contributed by atoms with Gasteiger partial charge in [0.15, 0.2) is 0 Å². The van der Waals surface area contributed by atoms with E-state index in [1.807, 2.05) is 0 Å². The molecule has 1 fully saturated rings. The van der Waals surface area contributed by atoms with Gasteiger partial charge in [-0.25, -0.2) is 0 Å². The minimum Gasteiger partial charge on any atom is -0.488 e. The van der Waals surface area contributed by atoms with Crippen LogP contribution >= 0.6 is 0 Å². The first kappa shape index (κ1) is 13.4. The summed E-state index contributed by atoms with van der Waals surface area (Å²) in [5.41, 5.74) is 1.25. The summed E-state index contributed by atoms with van der Waals surface area (Å²) in [5, 5.41) is 3.62. The van der Waals surface area contributed by atoms with Crippen molar-refractivity contribution in [2.45, 2.75) is 64.6 Å². The molecule has 2 heteroatoms. The van der Waals surface area contributed by atoms with Crippen molar-refractivity contribution in [1.82, 2.24) is 5.32 Å². The van der Waals surface area contributed by atoms with Gasteiger partial charge >= 0.3 is 0 Å². The zero-order chi connectivity index (χ0) is 13.2. The van der Waals surface area contributed by atoms with Gasteiger partial charge in [0.1, 0.15) is 11.4 Å². The van der Waals surface area contributed by atoms with E-state index >= 15 is 0 Å². The van der Waals surface area contributed by atoms with Gasteiger partial charge < -0.3 is 10.1 Å². The molecule has 0 amide bonds. The van der Waals surface area contributed by atoms with Crippen LogP contribution in [0.5, 0.6) is 5.75 Å². The maximum Gasteiger partial charge on any atom is 0.120 e. The Labute approximate surface area is 111 Å². The van der Waals surface area contributed by atoms with Crippen molar-refractivity contribution >= 4 is 0 Å². The summed E-state index contributed by atoms with van der Waals surface area (Å²) >= 11 is 0. The lowest BCUT2D eigenvalue weighted by Crippen LogP contribution is -2.29. The fourth-order valence-electron chi connectivity index (χ4n) is 2.11. The fraction of sp³-hybridized carbons (Fsp3) is 0.625. The van der Waals surface area contributed by atoms with Gasteiger partial charge in [0, 0.05) is 12.1 Å². The Bertz CT molecular complexity index is 373. The molecule has 0 aromatic heterocycles. The molecule has 0 radical (unpaired) electrons. The molecule has 1 aromatic rings. The quantitative estimate of drug-likeness (QED) is 0.859. The molecule has 1 aliphatic rings. The number of nitrogens with one attached hydrogen (secondary N) is 1. The SMILES string of the molecule is CC(Cc1ccc(OC(C)(C)C)cc1)NC1CC1.